The minimum absolute atomic E-state index is 0.771. The first-order chi connectivity index (χ1) is 14.3. The number of hydrogen-bond donors (Lipinski definition) is 1. The summed E-state index contributed by atoms with van der Waals surface area (Å²) in [5.74, 6) is 0. The van der Waals surface area contributed by atoms with Gasteiger partial charge in [0, 0.05) is 6.04 Å². The maximum Gasteiger partial charge on any atom is 0.00644 e. The van der Waals surface area contributed by atoms with Crippen LogP contribution < -0.4 is 5.32 Å². The van der Waals surface area contributed by atoms with E-state index in [1.165, 1.54) is 154 Å². The van der Waals surface area contributed by atoms with Gasteiger partial charge in [-0.2, -0.15) is 0 Å². The van der Waals surface area contributed by atoms with Gasteiger partial charge in [0.1, 0.15) is 0 Å². The van der Waals surface area contributed by atoms with Gasteiger partial charge in [0.2, 0.25) is 0 Å². The third kappa shape index (κ3) is 24.1. The molecule has 1 nitrogen and oxygen atoms in total. The highest BCUT2D eigenvalue weighted by molar-refractivity contribution is 4.65. The SMILES string of the molecule is CCCCCCCCCCCCCNC(CC)CCCCCCCCCCCC. The molecule has 0 bridgehead atoms. The summed E-state index contributed by atoms with van der Waals surface area (Å²) in [5, 5.41) is 3.83. The topological polar surface area (TPSA) is 12.0 Å². The van der Waals surface area contributed by atoms with Gasteiger partial charge in [0.25, 0.3) is 0 Å². The molecule has 1 atom stereocenters. The lowest BCUT2D eigenvalue weighted by Crippen LogP contribution is -2.29. The Hall–Kier alpha value is -0.0400. The molecular formula is C28H59N. The minimum atomic E-state index is 0.771. The predicted octanol–water partition coefficient (Wildman–Crippen LogP) is 9.98. The molecule has 0 saturated carbocycles. The van der Waals surface area contributed by atoms with Gasteiger partial charge in [-0.15, -0.1) is 0 Å². The first kappa shape index (κ1) is 29.0. The van der Waals surface area contributed by atoms with E-state index in [9.17, 15) is 0 Å². The van der Waals surface area contributed by atoms with Gasteiger partial charge in [0.05, 0.1) is 0 Å². The Morgan fingerprint density at radius 1 is 0.414 bits per heavy atom. The molecule has 0 aliphatic heterocycles. The van der Waals surface area contributed by atoms with Crippen molar-refractivity contribution in [2.75, 3.05) is 6.54 Å². The summed E-state index contributed by atoms with van der Waals surface area (Å²) in [4.78, 5) is 0. The largest absolute Gasteiger partial charge is 0.314 e. The van der Waals surface area contributed by atoms with E-state index in [-0.39, 0.29) is 0 Å². The second kappa shape index (κ2) is 26.0. The Morgan fingerprint density at radius 2 is 0.759 bits per heavy atom. The minimum Gasteiger partial charge on any atom is -0.314 e. The van der Waals surface area contributed by atoms with E-state index in [2.05, 4.69) is 26.1 Å². The summed E-state index contributed by atoms with van der Waals surface area (Å²) in [6.45, 7) is 8.20. The lowest BCUT2D eigenvalue weighted by molar-refractivity contribution is 0.431. The zero-order valence-corrected chi connectivity index (χ0v) is 21.0. The highest BCUT2D eigenvalue weighted by Crippen LogP contribution is 2.14. The van der Waals surface area contributed by atoms with Crippen molar-refractivity contribution in [2.45, 2.75) is 174 Å². The molecule has 0 aliphatic carbocycles. The Morgan fingerprint density at radius 3 is 1.14 bits per heavy atom. The zero-order valence-electron chi connectivity index (χ0n) is 21.0. The van der Waals surface area contributed by atoms with Gasteiger partial charge in [-0.1, -0.05) is 149 Å². The van der Waals surface area contributed by atoms with E-state index in [1.807, 2.05) is 0 Å². The van der Waals surface area contributed by atoms with Crippen LogP contribution in [-0.2, 0) is 0 Å². The van der Waals surface area contributed by atoms with E-state index in [4.69, 9.17) is 0 Å². The molecule has 1 N–H and O–H groups in total. The fourth-order valence-corrected chi connectivity index (χ4v) is 4.42. The molecular weight excluding hydrogens is 350 g/mol. The first-order valence-corrected chi connectivity index (χ1v) is 14.1. The maximum absolute atomic E-state index is 3.83. The van der Waals surface area contributed by atoms with Crippen molar-refractivity contribution in [3.63, 3.8) is 0 Å². The number of hydrogen-bond acceptors (Lipinski definition) is 1. The van der Waals surface area contributed by atoms with E-state index in [0.717, 1.165) is 6.04 Å². The molecule has 1 heteroatoms. The van der Waals surface area contributed by atoms with E-state index < -0.39 is 0 Å². The number of rotatable bonds is 25. The fraction of sp³-hybridized carbons (Fsp3) is 1.00. The second-order valence-electron chi connectivity index (χ2n) is 9.57. The van der Waals surface area contributed by atoms with Crippen molar-refractivity contribution in [2.24, 2.45) is 0 Å². The Balaban J connectivity index is 3.27. The van der Waals surface area contributed by atoms with Gasteiger partial charge < -0.3 is 5.32 Å². The molecule has 0 radical (unpaired) electrons. The van der Waals surface area contributed by atoms with E-state index in [0.29, 0.717) is 0 Å². The lowest BCUT2D eigenvalue weighted by Gasteiger charge is -2.17. The van der Waals surface area contributed by atoms with E-state index in [1.54, 1.807) is 0 Å². The van der Waals surface area contributed by atoms with Crippen LogP contribution in [0.5, 0.6) is 0 Å². The molecule has 0 heterocycles. The van der Waals surface area contributed by atoms with Crippen LogP contribution in [0.25, 0.3) is 0 Å². The number of unbranched alkanes of at least 4 members (excludes halogenated alkanes) is 19. The standard InChI is InChI=1S/C28H59N/c1-4-7-9-11-13-15-17-19-21-23-25-27-29-28(6-3)26-24-22-20-18-16-14-12-10-8-5-2/h28-29H,4-27H2,1-3H3. The van der Waals surface area contributed by atoms with Gasteiger partial charge in [-0.3, -0.25) is 0 Å². The van der Waals surface area contributed by atoms with Gasteiger partial charge in [-0.05, 0) is 25.8 Å². The summed E-state index contributed by atoms with van der Waals surface area (Å²) in [6, 6.07) is 0.771. The zero-order chi connectivity index (χ0) is 21.3. The van der Waals surface area contributed by atoms with Crippen LogP contribution in [0, 0.1) is 0 Å². The maximum atomic E-state index is 3.83. The van der Waals surface area contributed by atoms with Crippen LogP contribution in [0.2, 0.25) is 0 Å². The van der Waals surface area contributed by atoms with E-state index >= 15 is 0 Å². The van der Waals surface area contributed by atoms with Crippen LogP contribution in [0.1, 0.15) is 168 Å². The Bertz CT molecular complexity index is 275. The van der Waals surface area contributed by atoms with Crippen molar-refractivity contribution in [1.29, 1.82) is 0 Å². The van der Waals surface area contributed by atoms with Crippen molar-refractivity contribution >= 4 is 0 Å². The van der Waals surface area contributed by atoms with Gasteiger partial charge in [-0.25, -0.2) is 0 Å². The summed E-state index contributed by atoms with van der Waals surface area (Å²) >= 11 is 0. The van der Waals surface area contributed by atoms with Gasteiger partial charge >= 0.3 is 0 Å². The second-order valence-corrected chi connectivity index (χ2v) is 9.57. The fourth-order valence-electron chi connectivity index (χ4n) is 4.42. The molecule has 1 unspecified atom stereocenters. The Kier molecular flexibility index (Phi) is 26.0. The quantitative estimate of drug-likeness (QED) is 0.148. The predicted molar refractivity (Wildman–Crippen MR) is 135 cm³/mol. The summed E-state index contributed by atoms with van der Waals surface area (Å²) in [5.41, 5.74) is 0. The first-order valence-electron chi connectivity index (χ1n) is 14.1. The smallest absolute Gasteiger partial charge is 0.00644 e. The number of nitrogens with one attached hydrogen (secondary N) is 1. The highest BCUT2D eigenvalue weighted by Gasteiger charge is 2.04. The van der Waals surface area contributed by atoms with Crippen molar-refractivity contribution < 1.29 is 0 Å². The molecule has 29 heavy (non-hydrogen) atoms. The Labute approximate surface area is 186 Å². The van der Waals surface area contributed by atoms with Crippen LogP contribution in [0.15, 0.2) is 0 Å². The molecule has 0 saturated heterocycles. The summed E-state index contributed by atoms with van der Waals surface area (Å²) in [6.07, 6.45) is 33.0. The van der Waals surface area contributed by atoms with Crippen LogP contribution in [-0.4, -0.2) is 12.6 Å². The lowest BCUT2D eigenvalue weighted by atomic mass is 10.0. The summed E-state index contributed by atoms with van der Waals surface area (Å²) < 4.78 is 0. The molecule has 0 rings (SSSR count). The van der Waals surface area contributed by atoms with Crippen molar-refractivity contribution in [1.82, 2.24) is 5.32 Å². The average Bonchev–Trinajstić information content (AvgIpc) is 2.74. The van der Waals surface area contributed by atoms with Crippen LogP contribution in [0.4, 0.5) is 0 Å². The van der Waals surface area contributed by atoms with Gasteiger partial charge in [0.15, 0.2) is 0 Å². The van der Waals surface area contributed by atoms with Crippen molar-refractivity contribution in [3.05, 3.63) is 0 Å². The molecule has 0 aromatic carbocycles. The molecule has 0 aromatic heterocycles. The third-order valence-corrected chi connectivity index (χ3v) is 6.61. The molecule has 176 valence electrons. The third-order valence-electron chi connectivity index (χ3n) is 6.61. The summed E-state index contributed by atoms with van der Waals surface area (Å²) in [7, 11) is 0. The monoisotopic (exact) mass is 409 g/mol. The molecule has 0 amide bonds. The molecule has 0 aromatic rings. The van der Waals surface area contributed by atoms with Crippen LogP contribution in [0.3, 0.4) is 0 Å². The van der Waals surface area contributed by atoms with Crippen LogP contribution >= 0.6 is 0 Å². The molecule has 0 fully saturated rings. The highest BCUT2D eigenvalue weighted by atomic mass is 14.9. The normalized spacial score (nSPS) is 12.5. The van der Waals surface area contributed by atoms with Crippen molar-refractivity contribution in [3.8, 4) is 0 Å². The average molecular weight is 410 g/mol. The molecule has 0 aliphatic rings. The molecule has 0 spiro atoms.